The number of aromatic nitrogens is 2. The molecule has 0 radical (unpaired) electrons. The van der Waals surface area contributed by atoms with Crippen LogP contribution in [-0.4, -0.2) is 53.1 Å². The van der Waals surface area contributed by atoms with Gasteiger partial charge in [-0.25, -0.2) is 9.97 Å². The molecule has 0 aromatic carbocycles. The lowest BCUT2D eigenvalue weighted by Gasteiger charge is -2.15. The number of carbonyl (C=O) groups is 2. The molecule has 1 aromatic rings. The van der Waals surface area contributed by atoms with E-state index in [-0.39, 0.29) is 24.1 Å². The first-order valence-corrected chi connectivity index (χ1v) is 7.23. The smallest absolute Gasteiger partial charge is 0.239 e. The Hall–Kier alpha value is -1.63. The number of hydrogen-bond donors (Lipinski definition) is 1. The van der Waals surface area contributed by atoms with Crippen molar-refractivity contribution in [3.05, 3.63) is 17.0 Å². The molecular weight excluding hydrogens is 276 g/mol. The van der Waals surface area contributed by atoms with Gasteiger partial charge in [0.15, 0.2) is 5.16 Å². The van der Waals surface area contributed by atoms with Crippen LogP contribution in [0.15, 0.2) is 5.16 Å². The summed E-state index contributed by atoms with van der Waals surface area (Å²) >= 11 is 1.28. The van der Waals surface area contributed by atoms with Crippen molar-refractivity contribution in [2.24, 2.45) is 0 Å². The van der Waals surface area contributed by atoms with E-state index in [1.54, 1.807) is 14.1 Å². The zero-order chi connectivity index (χ0) is 15.3. The largest absolute Gasteiger partial charge is 0.358 e. The number of nitrogens with zero attached hydrogens (tertiary/aromatic N) is 3. The Morgan fingerprint density at radius 1 is 1.20 bits per heavy atom. The average molecular weight is 296 g/mol. The highest BCUT2D eigenvalue weighted by Crippen LogP contribution is 2.17. The summed E-state index contributed by atoms with van der Waals surface area (Å²) in [5.74, 6) is -0.0997. The zero-order valence-corrected chi connectivity index (χ0v) is 13.3. The van der Waals surface area contributed by atoms with E-state index in [9.17, 15) is 9.59 Å². The van der Waals surface area contributed by atoms with Crippen molar-refractivity contribution in [1.29, 1.82) is 0 Å². The van der Waals surface area contributed by atoms with E-state index < -0.39 is 0 Å². The molecule has 0 saturated heterocycles. The normalized spacial score (nSPS) is 10.2. The fourth-order valence-electron chi connectivity index (χ4n) is 1.43. The molecule has 1 aromatic heterocycles. The van der Waals surface area contributed by atoms with E-state index in [0.29, 0.717) is 5.16 Å². The van der Waals surface area contributed by atoms with Crippen molar-refractivity contribution in [2.75, 3.05) is 26.4 Å². The van der Waals surface area contributed by atoms with E-state index in [1.165, 1.54) is 16.7 Å². The number of hydrogen-bond acceptors (Lipinski definition) is 5. The molecule has 6 nitrogen and oxygen atoms in total. The van der Waals surface area contributed by atoms with Gasteiger partial charge in [-0.3, -0.25) is 9.59 Å². The summed E-state index contributed by atoms with van der Waals surface area (Å²) in [7, 11) is 3.14. The number of amides is 2. The molecule has 1 heterocycles. The SMILES string of the molecule is CNC(=O)CN(C)C(=O)CSc1nc(C)c(C)c(C)n1. The standard InChI is InChI=1S/C13H20N4O2S/c1-8-9(2)15-13(16-10(8)3)20-7-12(19)17(5)6-11(18)14-4/h6-7H2,1-5H3,(H,14,18). The summed E-state index contributed by atoms with van der Waals surface area (Å²) in [6, 6.07) is 0. The van der Waals surface area contributed by atoms with Crippen LogP contribution >= 0.6 is 11.8 Å². The van der Waals surface area contributed by atoms with Crippen molar-refractivity contribution in [3.63, 3.8) is 0 Å². The Morgan fingerprint density at radius 3 is 2.25 bits per heavy atom. The summed E-state index contributed by atoms with van der Waals surface area (Å²) in [5.41, 5.74) is 2.91. The van der Waals surface area contributed by atoms with E-state index in [4.69, 9.17) is 0 Å². The first-order chi connectivity index (χ1) is 9.35. The minimum absolute atomic E-state index is 0.0582. The molecule has 0 fully saturated rings. The highest BCUT2D eigenvalue weighted by atomic mass is 32.2. The lowest BCUT2D eigenvalue weighted by Crippen LogP contribution is -2.37. The molecule has 0 bridgehead atoms. The molecular formula is C13H20N4O2S. The zero-order valence-electron chi connectivity index (χ0n) is 12.5. The highest BCUT2D eigenvalue weighted by Gasteiger charge is 2.13. The van der Waals surface area contributed by atoms with Crippen LogP contribution < -0.4 is 5.32 Å². The topological polar surface area (TPSA) is 75.2 Å². The Bertz CT molecular complexity index is 496. The van der Waals surface area contributed by atoms with E-state index in [2.05, 4.69) is 15.3 Å². The Morgan fingerprint density at radius 2 is 1.75 bits per heavy atom. The number of carbonyl (C=O) groups excluding carboxylic acids is 2. The number of aryl methyl sites for hydroxylation is 2. The summed E-state index contributed by atoms with van der Waals surface area (Å²) in [4.78, 5) is 33.1. The van der Waals surface area contributed by atoms with Crippen LogP contribution in [0.2, 0.25) is 0 Å². The maximum Gasteiger partial charge on any atom is 0.239 e. The molecule has 7 heteroatoms. The first-order valence-electron chi connectivity index (χ1n) is 6.24. The van der Waals surface area contributed by atoms with Crippen molar-refractivity contribution in [3.8, 4) is 0 Å². The lowest BCUT2D eigenvalue weighted by atomic mass is 10.2. The third kappa shape index (κ3) is 4.48. The maximum atomic E-state index is 11.9. The molecule has 0 spiro atoms. The second-order valence-electron chi connectivity index (χ2n) is 4.51. The Balaban J connectivity index is 2.59. The quantitative estimate of drug-likeness (QED) is 0.639. The van der Waals surface area contributed by atoms with Crippen LogP contribution in [0.3, 0.4) is 0 Å². The van der Waals surface area contributed by atoms with Gasteiger partial charge in [-0.2, -0.15) is 0 Å². The molecule has 0 aliphatic carbocycles. The van der Waals surface area contributed by atoms with Crippen molar-refractivity contribution >= 4 is 23.6 Å². The van der Waals surface area contributed by atoms with Crippen molar-refractivity contribution in [2.45, 2.75) is 25.9 Å². The van der Waals surface area contributed by atoms with Gasteiger partial charge >= 0.3 is 0 Å². The third-order valence-electron chi connectivity index (χ3n) is 3.02. The van der Waals surface area contributed by atoms with E-state index in [1.807, 2.05) is 20.8 Å². The van der Waals surface area contributed by atoms with Gasteiger partial charge in [0.2, 0.25) is 11.8 Å². The van der Waals surface area contributed by atoms with Gasteiger partial charge in [-0.1, -0.05) is 11.8 Å². The Kier molecular flexibility index (Phi) is 5.94. The number of likely N-dealkylation sites (N-methyl/N-ethyl adjacent to an activating group) is 2. The van der Waals surface area contributed by atoms with Gasteiger partial charge < -0.3 is 10.2 Å². The van der Waals surface area contributed by atoms with Gasteiger partial charge in [0, 0.05) is 25.5 Å². The minimum atomic E-state index is -0.191. The molecule has 0 aliphatic heterocycles. The second-order valence-corrected chi connectivity index (χ2v) is 5.46. The molecule has 0 unspecified atom stereocenters. The van der Waals surface area contributed by atoms with Crippen molar-refractivity contribution in [1.82, 2.24) is 20.2 Å². The average Bonchev–Trinajstić information content (AvgIpc) is 2.41. The molecule has 1 N–H and O–H groups in total. The fraction of sp³-hybridized carbons (Fsp3) is 0.538. The monoisotopic (exact) mass is 296 g/mol. The minimum Gasteiger partial charge on any atom is -0.358 e. The van der Waals surface area contributed by atoms with Gasteiger partial charge in [0.05, 0.1) is 12.3 Å². The van der Waals surface area contributed by atoms with Crippen LogP contribution in [0, 0.1) is 20.8 Å². The number of thioether (sulfide) groups is 1. The van der Waals surface area contributed by atoms with Crippen LogP contribution in [0.1, 0.15) is 17.0 Å². The van der Waals surface area contributed by atoms with Crippen LogP contribution in [0.5, 0.6) is 0 Å². The molecule has 20 heavy (non-hydrogen) atoms. The van der Waals surface area contributed by atoms with Crippen LogP contribution in [-0.2, 0) is 9.59 Å². The maximum absolute atomic E-state index is 11.9. The third-order valence-corrected chi connectivity index (χ3v) is 3.85. The molecule has 0 saturated carbocycles. The highest BCUT2D eigenvalue weighted by molar-refractivity contribution is 7.99. The summed E-state index contributed by atoms with van der Waals surface area (Å²) in [6.07, 6.45) is 0. The van der Waals surface area contributed by atoms with Crippen molar-refractivity contribution < 1.29 is 9.59 Å². The first kappa shape index (κ1) is 16.4. The van der Waals surface area contributed by atoms with Gasteiger partial charge in [-0.05, 0) is 26.3 Å². The van der Waals surface area contributed by atoms with Gasteiger partial charge in [0.1, 0.15) is 0 Å². The molecule has 1 rings (SSSR count). The van der Waals surface area contributed by atoms with Gasteiger partial charge in [-0.15, -0.1) is 0 Å². The van der Waals surface area contributed by atoms with E-state index >= 15 is 0 Å². The second kappa shape index (κ2) is 7.23. The van der Waals surface area contributed by atoms with Crippen LogP contribution in [0.25, 0.3) is 0 Å². The summed E-state index contributed by atoms with van der Waals surface area (Å²) in [6.45, 7) is 5.88. The number of nitrogens with one attached hydrogen (secondary N) is 1. The van der Waals surface area contributed by atoms with Crippen LogP contribution in [0.4, 0.5) is 0 Å². The number of rotatable bonds is 5. The molecule has 0 aliphatic rings. The summed E-state index contributed by atoms with van der Waals surface area (Å²) < 4.78 is 0. The molecule has 2 amide bonds. The lowest BCUT2D eigenvalue weighted by molar-refractivity contribution is -0.132. The predicted molar refractivity (Wildman–Crippen MR) is 78.7 cm³/mol. The van der Waals surface area contributed by atoms with E-state index in [0.717, 1.165) is 17.0 Å². The Labute approximate surface area is 123 Å². The summed E-state index contributed by atoms with van der Waals surface area (Å²) in [5, 5.41) is 3.07. The van der Waals surface area contributed by atoms with Gasteiger partial charge in [0.25, 0.3) is 0 Å². The predicted octanol–water partition coefficient (Wildman–Crippen LogP) is 0.698. The molecule has 110 valence electrons. The molecule has 0 atom stereocenters. The fourth-order valence-corrected chi connectivity index (χ4v) is 2.30.